The number of anilines is 1. The minimum atomic E-state index is -1.24. The fourth-order valence-electron chi connectivity index (χ4n) is 3.29. The first-order chi connectivity index (χ1) is 16.1. The molecule has 3 aromatic rings. The van der Waals surface area contributed by atoms with Crippen molar-refractivity contribution in [1.82, 2.24) is 9.55 Å². The predicted molar refractivity (Wildman–Crippen MR) is 131 cm³/mol. The van der Waals surface area contributed by atoms with Gasteiger partial charge >= 0.3 is 0 Å². The van der Waals surface area contributed by atoms with Crippen LogP contribution in [0.3, 0.4) is 0 Å². The lowest BCUT2D eigenvalue weighted by Crippen LogP contribution is -2.22. The zero-order valence-electron chi connectivity index (χ0n) is 19.6. The van der Waals surface area contributed by atoms with Gasteiger partial charge in [0.05, 0.1) is 19.2 Å². The second-order valence-corrected chi connectivity index (χ2v) is 14.5. The minimum Gasteiger partial charge on any atom is -0.507 e. The number of carbonyl (C=O) groups is 1. The Morgan fingerprint density at radius 1 is 1.29 bits per heavy atom. The van der Waals surface area contributed by atoms with Crippen LogP contribution in [0.25, 0.3) is 16.0 Å². The van der Waals surface area contributed by atoms with Gasteiger partial charge in [-0.25, -0.2) is 14.2 Å². The summed E-state index contributed by atoms with van der Waals surface area (Å²) in [6.45, 7) is 15.1. The highest BCUT2D eigenvalue weighted by atomic mass is 28.3. The standard InChI is InChI=1S/C24H27FN4O4Si/c1-26-18-7-8-19(30)22(21(18)17-14-16(25)6-9-20(17)32-2)23(31)28-24-27-10-11-29(24)15-33-12-13-34(3,4)5/h6-11,14,30H,12-13,15H2,2-5H3,(H,27,28,31). The van der Waals surface area contributed by atoms with E-state index in [2.05, 4.69) is 34.8 Å². The van der Waals surface area contributed by atoms with Crippen molar-refractivity contribution >= 4 is 25.6 Å². The van der Waals surface area contributed by atoms with Crippen LogP contribution in [0.5, 0.6) is 11.5 Å². The number of hydrogen-bond acceptors (Lipinski definition) is 5. The third-order valence-corrected chi connectivity index (χ3v) is 6.81. The van der Waals surface area contributed by atoms with E-state index in [1.54, 1.807) is 10.8 Å². The van der Waals surface area contributed by atoms with Gasteiger partial charge < -0.3 is 14.6 Å². The molecule has 1 amide bonds. The number of phenols is 1. The highest BCUT2D eigenvalue weighted by Crippen LogP contribution is 2.43. The average molecular weight is 483 g/mol. The van der Waals surface area contributed by atoms with E-state index in [0.29, 0.717) is 6.61 Å². The Morgan fingerprint density at radius 3 is 2.74 bits per heavy atom. The molecule has 0 unspecified atom stereocenters. The van der Waals surface area contributed by atoms with E-state index in [9.17, 15) is 14.3 Å². The third-order valence-electron chi connectivity index (χ3n) is 5.11. The summed E-state index contributed by atoms with van der Waals surface area (Å²) < 4.78 is 26.8. The number of benzene rings is 2. The summed E-state index contributed by atoms with van der Waals surface area (Å²) in [6.07, 6.45) is 3.18. The molecule has 10 heteroatoms. The molecule has 1 aromatic heterocycles. The number of carbonyl (C=O) groups excluding carboxylic acids is 1. The number of amides is 1. The number of aromatic hydroxyl groups is 1. The first kappa shape index (κ1) is 24.9. The van der Waals surface area contributed by atoms with Gasteiger partial charge in [0.2, 0.25) is 5.95 Å². The Bertz CT molecular complexity index is 1230. The molecule has 0 bridgehead atoms. The first-order valence-electron chi connectivity index (χ1n) is 10.6. The predicted octanol–water partition coefficient (Wildman–Crippen LogP) is 5.52. The molecule has 0 aliphatic carbocycles. The molecule has 0 fully saturated rings. The number of imidazole rings is 1. The summed E-state index contributed by atoms with van der Waals surface area (Å²) in [5, 5.41) is 13.2. The lowest BCUT2D eigenvalue weighted by molar-refractivity contribution is 0.0879. The smallest absolute Gasteiger partial charge is 0.261 e. The molecule has 0 saturated heterocycles. The van der Waals surface area contributed by atoms with E-state index in [1.807, 2.05) is 0 Å². The van der Waals surface area contributed by atoms with Gasteiger partial charge in [0.15, 0.2) is 5.69 Å². The number of phenolic OH excluding ortho intramolecular Hbond substituents is 1. The number of methoxy groups -OCH3 is 1. The van der Waals surface area contributed by atoms with Crippen molar-refractivity contribution in [1.29, 1.82) is 0 Å². The number of ether oxygens (including phenoxy) is 2. The second kappa shape index (κ2) is 10.5. The molecular formula is C24H27FN4O4Si. The molecule has 0 spiro atoms. The van der Waals surface area contributed by atoms with Crippen LogP contribution in [-0.2, 0) is 11.5 Å². The summed E-state index contributed by atoms with van der Waals surface area (Å²) in [5.74, 6) is -1.19. The van der Waals surface area contributed by atoms with Gasteiger partial charge in [0, 0.05) is 38.2 Å². The van der Waals surface area contributed by atoms with Crippen molar-refractivity contribution in [3.63, 3.8) is 0 Å². The number of hydrogen-bond donors (Lipinski definition) is 2. The van der Waals surface area contributed by atoms with Crippen LogP contribution >= 0.6 is 0 Å². The van der Waals surface area contributed by atoms with E-state index in [0.717, 1.165) is 12.1 Å². The Balaban J connectivity index is 1.94. The van der Waals surface area contributed by atoms with E-state index < -0.39 is 19.8 Å². The molecule has 1 heterocycles. The Kier molecular flexibility index (Phi) is 7.70. The van der Waals surface area contributed by atoms with Gasteiger partial charge in [-0.15, -0.1) is 0 Å². The lowest BCUT2D eigenvalue weighted by atomic mass is 9.95. The number of nitrogens with one attached hydrogen (secondary N) is 1. The van der Waals surface area contributed by atoms with Crippen molar-refractivity contribution in [2.24, 2.45) is 0 Å². The minimum absolute atomic E-state index is 0.0601. The molecule has 2 N–H and O–H groups in total. The number of nitrogens with zero attached hydrogens (tertiary/aromatic N) is 3. The van der Waals surface area contributed by atoms with Crippen LogP contribution in [0.1, 0.15) is 10.4 Å². The SMILES string of the molecule is [C-]#[N+]c1ccc(O)c(C(=O)Nc2nccn2COCC[Si](C)(C)C)c1-c1cc(F)ccc1OC. The summed E-state index contributed by atoms with van der Waals surface area (Å²) in [4.78, 5) is 20.9. The maximum atomic E-state index is 14.1. The monoisotopic (exact) mass is 482 g/mol. The second-order valence-electron chi connectivity index (χ2n) is 8.83. The molecule has 0 atom stereocenters. The number of aromatic nitrogens is 2. The summed E-state index contributed by atoms with van der Waals surface area (Å²) in [6, 6.07) is 7.39. The maximum absolute atomic E-state index is 14.1. The molecule has 3 rings (SSSR count). The summed E-state index contributed by atoms with van der Waals surface area (Å²) in [7, 11) is 0.161. The average Bonchev–Trinajstić information content (AvgIpc) is 3.22. The molecule has 0 aliphatic rings. The van der Waals surface area contributed by atoms with Gasteiger partial charge in [0.1, 0.15) is 24.0 Å². The zero-order valence-corrected chi connectivity index (χ0v) is 20.6. The van der Waals surface area contributed by atoms with E-state index >= 15 is 0 Å². The molecular weight excluding hydrogens is 455 g/mol. The Hall–Kier alpha value is -3.68. The molecule has 0 aliphatic heterocycles. The van der Waals surface area contributed by atoms with Gasteiger partial charge in [-0.05, 0) is 30.3 Å². The van der Waals surface area contributed by atoms with Crippen molar-refractivity contribution in [3.8, 4) is 22.6 Å². The van der Waals surface area contributed by atoms with Crippen molar-refractivity contribution in [2.75, 3.05) is 19.0 Å². The largest absolute Gasteiger partial charge is 0.507 e. The number of rotatable bonds is 9. The van der Waals surface area contributed by atoms with Crippen LogP contribution in [0.15, 0.2) is 42.7 Å². The lowest BCUT2D eigenvalue weighted by Gasteiger charge is -2.17. The van der Waals surface area contributed by atoms with Crippen molar-refractivity contribution in [2.45, 2.75) is 32.4 Å². The van der Waals surface area contributed by atoms with Crippen molar-refractivity contribution in [3.05, 3.63) is 65.5 Å². The highest BCUT2D eigenvalue weighted by molar-refractivity contribution is 6.76. The van der Waals surface area contributed by atoms with Crippen LogP contribution in [0, 0.1) is 12.4 Å². The molecule has 178 valence electrons. The van der Waals surface area contributed by atoms with Gasteiger partial charge in [-0.2, -0.15) is 0 Å². The van der Waals surface area contributed by atoms with Crippen LogP contribution in [-0.4, -0.2) is 42.4 Å². The van der Waals surface area contributed by atoms with Gasteiger partial charge in [0.25, 0.3) is 5.91 Å². The zero-order chi connectivity index (χ0) is 24.9. The Morgan fingerprint density at radius 2 is 2.06 bits per heavy atom. The highest BCUT2D eigenvalue weighted by Gasteiger charge is 2.25. The summed E-state index contributed by atoms with van der Waals surface area (Å²) >= 11 is 0. The van der Waals surface area contributed by atoms with Gasteiger partial charge in [-0.1, -0.05) is 25.7 Å². The quantitative estimate of drug-likeness (QED) is 0.238. The normalized spacial score (nSPS) is 11.2. The van der Waals surface area contributed by atoms with Crippen molar-refractivity contribution < 1.29 is 23.8 Å². The number of halogens is 1. The van der Waals surface area contributed by atoms with Crippen LogP contribution in [0.4, 0.5) is 16.0 Å². The first-order valence-corrected chi connectivity index (χ1v) is 14.3. The Labute approximate surface area is 198 Å². The fraction of sp³-hybridized carbons (Fsp3) is 0.292. The fourth-order valence-corrected chi connectivity index (χ4v) is 4.05. The molecule has 0 radical (unpaired) electrons. The van der Waals surface area contributed by atoms with E-state index in [4.69, 9.17) is 16.0 Å². The topological polar surface area (TPSA) is 90.0 Å². The molecule has 34 heavy (non-hydrogen) atoms. The molecule has 8 nitrogen and oxygen atoms in total. The molecule has 2 aromatic carbocycles. The van der Waals surface area contributed by atoms with Crippen LogP contribution in [0.2, 0.25) is 25.7 Å². The van der Waals surface area contributed by atoms with E-state index in [1.165, 1.54) is 37.6 Å². The van der Waals surface area contributed by atoms with Crippen LogP contribution < -0.4 is 10.1 Å². The van der Waals surface area contributed by atoms with E-state index in [-0.39, 0.29) is 46.6 Å². The maximum Gasteiger partial charge on any atom is 0.261 e. The molecule has 0 saturated carbocycles. The van der Waals surface area contributed by atoms with Gasteiger partial charge in [-0.3, -0.25) is 14.7 Å². The summed E-state index contributed by atoms with van der Waals surface area (Å²) in [5.41, 5.74) is 0.109. The third kappa shape index (κ3) is 5.81.